The molecule has 0 unspecified atom stereocenters. The SMILES string of the molecule is C=C(C)S(=O)(=O)O.[KH]. The van der Waals surface area contributed by atoms with Crippen molar-refractivity contribution >= 4 is 61.5 Å². The first kappa shape index (κ1) is 12.0. The van der Waals surface area contributed by atoms with Crippen molar-refractivity contribution in [2.45, 2.75) is 6.92 Å². The number of allylic oxidation sites excluding steroid dienone is 1. The first-order chi connectivity index (χ1) is 2.94. The zero-order chi connectivity index (χ0) is 6.08. The molecule has 0 fully saturated rings. The quantitative estimate of drug-likeness (QED) is 0.427. The Hall–Kier alpha value is 1.29. The van der Waals surface area contributed by atoms with Gasteiger partial charge >= 0.3 is 51.4 Å². The van der Waals surface area contributed by atoms with Crippen LogP contribution in [-0.4, -0.2) is 64.4 Å². The number of rotatable bonds is 1. The van der Waals surface area contributed by atoms with E-state index in [1.54, 1.807) is 0 Å². The normalized spacial score (nSPS) is 9.75. The first-order valence-corrected chi connectivity index (χ1v) is 3.01. The minimum absolute atomic E-state index is 0. The minimum atomic E-state index is -3.94. The van der Waals surface area contributed by atoms with E-state index in [4.69, 9.17) is 4.55 Å². The summed E-state index contributed by atoms with van der Waals surface area (Å²) in [6, 6.07) is 0. The molecular weight excluding hydrogens is 155 g/mol. The second-order valence-electron chi connectivity index (χ2n) is 1.18. The molecule has 0 spiro atoms. The van der Waals surface area contributed by atoms with Crippen molar-refractivity contribution in [3.63, 3.8) is 0 Å². The van der Waals surface area contributed by atoms with Crippen molar-refractivity contribution in [1.82, 2.24) is 0 Å². The molecule has 0 radical (unpaired) electrons. The Morgan fingerprint density at radius 3 is 1.75 bits per heavy atom. The maximum absolute atomic E-state index is 9.79. The van der Waals surface area contributed by atoms with E-state index in [2.05, 4.69) is 6.58 Å². The van der Waals surface area contributed by atoms with Crippen molar-refractivity contribution < 1.29 is 13.0 Å². The van der Waals surface area contributed by atoms with Gasteiger partial charge < -0.3 is 0 Å². The van der Waals surface area contributed by atoms with Gasteiger partial charge in [0.1, 0.15) is 0 Å². The molecule has 0 aliphatic rings. The molecule has 0 saturated heterocycles. The van der Waals surface area contributed by atoms with Crippen LogP contribution in [0.4, 0.5) is 0 Å². The molecular formula is C3H7KO3S. The molecule has 0 bridgehead atoms. The van der Waals surface area contributed by atoms with Gasteiger partial charge in [0.05, 0.1) is 4.91 Å². The summed E-state index contributed by atoms with van der Waals surface area (Å²) < 4.78 is 27.5. The topological polar surface area (TPSA) is 54.4 Å². The van der Waals surface area contributed by atoms with Gasteiger partial charge in [-0.15, -0.1) is 0 Å². The molecule has 0 amide bonds. The molecule has 0 heterocycles. The van der Waals surface area contributed by atoms with Crippen LogP contribution in [0.2, 0.25) is 0 Å². The fraction of sp³-hybridized carbons (Fsp3) is 0.333. The maximum atomic E-state index is 9.79. The first-order valence-electron chi connectivity index (χ1n) is 1.57. The molecule has 0 aromatic carbocycles. The van der Waals surface area contributed by atoms with Crippen LogP contribution >= 0.6 is 0 Å². The average Bonchev–Trinajstić information content (AvgIpc) is 1.31. The predicted molar refractivity (Wildman–Crippen MR) is 33.5 cm³/mol. The Labute approximate surface area is 91.3 Å². The van der Waals surface area contributed by atoms with Gasteiger partial charge in [0.25, 0.3) is 10.1 Å². The van der Waals surface area contributed by atoms with Crippen LogP contribution in [0, 0.1) is 0 Å². The van der Waals surface area contributed by atoms with Crippen molar-refractivity contribution in [3.05, 3.63) is 11.5 Å². The van der Waals surface area contributed by atoms with E-state index in [1.165, 1.54) is 6.92 Å². The molecule has 5 heteroatoms. The summed E-state index contributed by atoms with van der Waals surface area (Å²) in [5.41, 5.74) is 0. The van der Waals surface area contributed by atoms with Crippen molar-refractivity contribution in [3.8, 4) is 0 Å². The zero-order valence-electron chi connectivity index (χ0n) is 3.88. The predicted octanol–water partition coefficient (Wildman–Crippen LogP) is -0.241. The van der Waals surface area contributed by atoms with Crippen LogP contribution in [0.15, 0.2) is 11.5 Å². The second-order valence-corrected chi connectivity index (χ2v) is 2.82. The van der Waals surface area contributed by atoms with Gasteiger partial charge in [0.2, 0.25) is 0 Å². The van der Waals surface area contributed by atoms with E-state index in [0.717, 1.165) is 0 Å². The molecule has 0 aromatic heterocycles. The van der Waals surface area contributed by atoms with Gasteiger partial charge in [-0.2, -0.15) is 8.42 Å². The Morgan fingerprint density at radius 1 is 1.62 bits per heavy atom. The summed E-state index contributed by atoms with van der Waals surface area (Å²) in [7, 11) is -3.94. The summed E-state index contributed by atoms with van der Waals surface area (Å²) >= 11 is 0. The second kappa shape index (κ2) is 4.16. The Morgan fingerprint density at radius 2 is 1.75 bits per heavy atom. The van der Waals surface area contributed by atoms with Crippen LogP contribution in [0.1, 0.15) is 6.92 Å². The molecule has 8 heavy (non-hydrogen) atoms. The van der Waals surface area contributed by atoms with Gasteiger partial charge in [0.15, 0.2) is 0 Å². The van der Waals surface area contributed by atoms with E-state index >= 15 is 0 Å². The molecule has 0 aliphatic carbocycles. The summed E-state index contributed by atoms with van der Waals surface area (Å²) in [4.78, 5) is -0.229. The Kier molecular flexibility index (Phi) is 6.24. The molecule has 0 aliphatic heterocycles. The van der Waals surface area contributed by atoms with Crippen molar-refractivity contribution in [2.75, 3.05) is 0 Å². The summed E-state index contributed by atoms with van der Waals surface area (Å²) in [5.74, 6) is 0. The Bertz CT molecular complexity index is 169. The van der Waals surface area contributed by atoms with Gasteiger partial charge in [-0.05, 0) is 6.92 Å². The number of hydrogen-bond donors (Lipinski definition) is 1. The van der Waals surface area contributed by atoms with Crippen LogP contribution in [-0.2, 0) is 10.1 Å². The van der Waals surface area contributed by atoms with E-state index in [1.807, 2.05) is 0 Å². The molecule has 1 N–H and O–H groups in total. The molecule has 0 aromatic rings. The summed E-state index contributed by atoms with van der Waals surface area (Å²) in [6.07, 6.45) is 0. The van der Waals surface area contributed by atoms with Crippen LogP contribution < -0.4 is 0 Å². The van der Waals surface area contributed by atoms with Gasteiger partial charge in [0, 0.05) is 0 Å². The third-order valence-electron chi connectivity index (χ3n) is 0.440. The third-order valence-corrected chi connectivity index (χ3v) is 1.32. The number of hydrogen-bond acceptors (Lipinski definition) is 2. The van der Waals surface area contributed by atoms with Gasteiger partial charge in [-0.25, -0.2) is 0 Å². The van der Waals surface area contributed by atoms with Gasteiger partial charge in [-0.3, -0.25) is 4.55 Å². The summed E-state index contributed by atoms with van der Waals surface area (Å²) in [5, 5.41) is 0. The molecule has 0 saturated carbocycles. The third kappa shape index (κ3) is 5.42. The van der Waals surface area contributed by atoms with E-state index in [-0.39, 0.29) is 56.3 Å². The monoisotopic (exact) mass is 162 g/mol. The van der Waals surface area contributed by atoms with Crippen molar-refractivity contribution in [2.24, 2.45) is 0 Å². The van der Waals surface area contributed by atoms with Crippen LogP contribution in [0.5, 0.6) is 0 Å². The zero-order valence-corrected chi connectivity index (χ0v) is 4.70. The fourth-order valence-corrected chi connectivity index (χ4v) is 0. The van der Waals surface area contributed by atoms with E-state index in [0.29, 0.717) is 0 Å². The van der Waals surface area contributed by atoms with Gasteiger partial charge in [-0.1, -0.05) is 6.58 Å². The van der Waals surface area contributed by atoms with Crippen LogP contribution in [0.3, 0.4) is 0 Å². The summed E-state index contributed by atoms with van der Waals surface area (Å²) in [6.45, 7) is 4.21. The molecule has 44 valence electrons. The Balaban J connectivity index is 0. The fourth-order valence-electron chi connectivity index (χ4n) is 0. The average molecular weight is 162 g/mol. The molecule has 3 nitrogen and oxygen atoms in total. The van der Waals surface area contributed by atoms with E-state index < -0.39 is 10.1 Å². The van der Waals surface area contributed by atoms with Crippen LogP contribution in [0.25, 0.3) is 0 Å². The molecule has 0 rings (SSSR count). The standard InChI is InChI=1S/C3H6O3S.K.H/c1-3(2)7(4,5)6;;/h1H2,2H3,(H,4,5,6);;. The van der Waals surface area contributed by atoms with E-state index in [9.17, 15) is 8.42 Å². The van der Waals surface area contributed by atoms with Crippen molar-refractivity contribution in [1.29, 1.82) is 0 Å². The molecule has 0 atom stereocenters.